The fourth-order valence-electron chi connectivity index (χ4n) is 2.24. The van der Waals surface area contributed by atoms with Gasteiger partial charge in [0.2, 0.25) is 0 Å². The normalized spacial score (nSPS) is 11.5. The average Bonchev–Trinajstić information content (AvgIpc) is 3.03. The number of guanidine groups is 1. The van der Waals surface area contributed by atoms with E-state index in [1.165, 1.54) is 19.3 Å². The molecule has 0 unspecified atom stereocenters. The highest BCUT2D eigenvalue weighted by atomic mass is 15.3. The van der Waals surface area contributed by atoms with Gasteiger partial charge in [0.15, 0.2) is 5.96 Å². The van der Waals surface area contributed by atoms with Gasteiger partial charge in [0, 0.05) is 45.6 Å². The summed E-state index contributed by atoms with van der Waals surface area (Å²) in [6.45, 7) is 9.55. The molecule has 0 bridgehead atoms. The van der Waals surface area contributed by atoms with Gasteiger partial charge in [-0.05, 0) is 38.7 Å². The minimum atomic E-state index is 0.822. The number of aromatic nitrogens is 2. The molecule has 124 valence electrons. The molecule has 0 saturated carbocycles. The van der Waals surface area contributed by atoms with E-state index in [4.69, 9.17) is 4.99 Å². The van der Waals surface area contributed by atoms with Crippen molar-refractivity contribution in [3.8, 4) is 0 Å². The third-order valence-corrected chi connectivity index (χ3v) is 3.46. The summed E-state index contributed by atoms with van der Waals surface area (Å²) in [4.78, 5) is 6.93. The van der Waals surface area contributed by atoms with Crippen LogP contribution in [0.15, 0.2) is 36.1 Å². The van der Waals surface area contributed by atoms with E-state index in [0.717, 1.165) is 45.0 Å². The fraction of sp³-hybridized carbons (Fsp3) is 0.647. The molecule has 5 nitrogen and oxygen atoms in total. The first-order chi connectivity index (χ1) is 10.8. The van der Waals surface area contributed by atoms with Crippen LogP contribution in [0.2, 0.25) is 0 Å². The zero-order chi connectivity index (χ0) is 16.0. The Hall–Kier alpha value is -1.78. The van der Waals surface area contributed by atoms with E-state index in [1.54, 1.807) is 0 Å². The molecule has 0 spiro atoms. The van der Waals surface area contributed by atoms with Crippen molar-refractivity contribution in [3.63, 3.8) is 0 Å². The first-order valence-corrected chi connectivity index (χ1v) is 8.35. The highest BCUT2D eigenvalue weighted by Crippen LogP contribution is 2.02. The smallest absolute Gasteiger partial charge is 0.193 e. The molecule has 1 heterocycles. The predicted molar refractivity (Wildman–Crippen MR) is 94.1 cm³/mol. The third kappa shape index (κ3) is 7.86. The molecule has 1 rings (SSSR count). The Morgan fingerprint density at radius 3 is 2.91 bits per heavy atom. The van der Waals surface area contributed by atoms with Crippen molar-refractivity contribution in [2.75, 3.05) is 26.7 Å². The average molecular weight is 305 g/mol. The second kappa shape index (κ2) is 11.8. The van der Waals surface area contributed by atoms with Gasteiger partial charge in [-0.25, -0.2) is 0 Å². The van der Waals surface area contributed by atoms with Gasteiger partial charge in [-0.3, -0.25) is 9.67 Å². The molecular formula is C17H31N5. The molecule has 1 N–H and O–H groups in total. The number of hydrogen-bond acceptors (Lipinski definition) is 2. The van der Waals surface area contributed by atoms with Crippen molar-refractivity contribution in [1.82, 2.24) is 20.0 Å². The molecule has 0 atom stereocenters. The summed E-state index contributed by atoms with van der Waals surface area (Å²) in [5, 5.41) is 7.57. The van der Waals surface area contributed by atoms with Gasteiger partial charge in [0.1, 0.15) is 0 Å². The van der Waals surface area contributed by atoms with E-state index in [2.05, 4.69) is 35.9 Å². The summed E-state index contributed by atoms with van der Waals surface area (Å²) < 4.78 is 1.95. The van der Waals surface area contributed by atoms with Crippen LogP contribution >= 0.6 is 0 Å². The summed E-state index contributed by atoms with van der Waals surface area (Å²) in [5.41, 5.74) is 0. The highest BCUT2D eigenvalue weighted by molar-refractivity contribution is 5.79. The van der Waals surface area contributed by atoms with Gasteiger partial charge in [-0.2, -0.15) is 5.10 Å². The number of aryl methyl sites for hydroxylation is 1. The second-order valence-electron chi connectivity index (χ2n) is 5.42. The molecule has 0 amide bonds. The first-order valence-electron chi connectivity index (χ1n) is 8.35. The lowest BCUT2D eigenvalue weighted by atomic mass is 10.2. The summed E-state index contributed by atoms with van der Waals surface area (Å²) in [6.07, 6.45) is 11.6. The first kappa shape index (κ1) is 18.3. The second-order valence-corrected chi connectivity index (χ2v) is 5.42. The van der Waals surface area contributed by atoms with Crippen LogP contribution in [-0.2, 0) is 6.54 Å². The van der Waals surface area contributed by atoms with Crippen LogP contribution in [0.25, 0.3) is 0 Å². The standard InChI is InChI=1S/C17H31N5/c1-4-6-7-8-9-14-21(3)17(18-5-2)19-12-10-15-22-16-11-13-20-22/h4,11,13,16H,1,5-10,12,14-15H2,2-3H3,(H,18,19). The molecule has 0 aliphatic heterocycles. The van der Waals surface area contributed by atoms with Gasteiger partial charge >= 0.3 is 0 Å². The molecule has 0 radical (unpaired) electrons. The fourth-order valence-corrected chi connectivity index (χ4v) is 2.24. The van der Waals surface area contributed by atoms with E-state index in [1.807, 2.05) is 29.2 Å². The van der Waals surface area contributed by atoms with Crippen LogP contribution in [0.4, 0.5) is 0 Å². The van der Waals surface area contributed by atoms with E-state index in [-0.39, 0.29) is 0 Å². The number of unbranched alkanes of at least 4 members (excludes halogenated alkanes) is 3. The molecule has 22 heavy (non-hydrogen) atoms. The lowest BCUT2D eigenvalue weighted by molar-refractivity contribution is 0.454. The number of aliphatic imine (C=N–C) groups is 1. The van der Waals surface area contributed by atoms with Crippen molar-refractivity contribution < 1.29 is 0 Å². The van der Waals surface area contributed by atoms with Crippen LogP contribution in [0.5, 0.6) is 0 Å². The van der Waals surface area contributed by atoms with Gasteiger partial charge in [0.05, 0.1) is 0 Å². The molecule has 0 fully saturated rings. The summed E-state index contributed by atoms with van der Waals surface area (Å²) in [5.74, 6) is 1.01. The van der Waals surface area contributed by atoms with E-state index >= 15 is 0 Å². The van der Waals surface area contributed by atoms with Crippen molar-refractivity contribution in [2.45, 2.75) is 45.6 Å². The number of allylic oxidation sites excluding steroid dienone is 1. The highest BCUT2D eigenvalue weighted by Gasteiger charge is 2.04. The molecule has 1 aromatic rings. The van der Waals surface area contributed by atoms with E-state index < -0.39 is 0 Å². The summed E-state index contributed by atoms with van der Waals surface area (Å²) in [6, 6.07) is 1.95. The minimum absolute atomic E-state index is 0.822. The quantitative estimate of drug-likeness (QED) is 0.296. The lowest BCUT2D eigenvalue weighted by Gasteiger charge is -2.22. The Labute approximate surface area is 135 Å². The Balaban J connectivity index is 2.28. The SMILES string of the molecule is C=CCCCCCN(C)C(=NCCCn1cccn1)NCC. The number of nitrogens with one attached hydrogen (secondary N) is 1. The van der Waals surface area contributed by atoms with Crippen molar-refractivity contribution in [2.24, 2.45) is 4.99 Å². The summed E-state index contributed by atoms with van der Waals surface area (Å²) >= 11 is 0. The minimum Gasteiger partial charge on any atom is -0.357 e. The maximum absolute atomic E-state index is 4.70. The zero-order valence-corrected chi connectivity index (χ0v) is 14.2. The summed E-state index contributed by atoms with van der Waals surface area (Å²) in [7, 11) is 2.11. The predicted octanol–water partition coefficient (Wildman–Crippen LogP) is 2.92. The van der Waals surface area contributed by atoms with Gasteiger partial charge in [-0.1, -0.05) is 12.5 Å². The largest absolute Gasteiger partial charge is 0.357 e. The van der Waals surface area contributed by atoms with Crippen molar-refractivity contribution >= 4 is 5.96 Å². The molecule has 0 aliphatic carbocycles. The topological polar surface area (TPSA) is 45.5 Å². The molecule has 1 aromatic heterocycles. The Kier molecular flexibility index (Phi) is 9.83. The van der Waals surface area contributed by atoms with Crippen LogP contribution in [-0.4, -0.2) is 47.3 Å². The molecule has 0 saturated heterocycles. The maximum atomic E-state index is 4.70. The van der Waals surface area contributed by atoms with Gasteiger partial charge in [0.25, 0.3) is 0 Å². The lowest BCUT2D eigenvalue weighted by Crippen LogP contribution is -2.39. The Bertz CT molecular complexity index is 411. The monoisotopic (exact) mass is 305 g/mol. The Morgan fingerprint density at radius 1 is 1.36 bits per heavy atom. The maximum Gasteiger partial charge on any atom is 0.193 e. The van der Waals surface area contributed by atoms with Crippen LogP contribution in [0, 0.1) is 0 Å². The number of hydrogen-bond donors (Lipinski definition) is 1. The van der Waals surface area contributed by atoms with Crippen LogP contribution in [0.3, 0.4) is 0 Å². The van der Waals surface area contributed by atoms with Gasteiger partial charge in [-0.15, -0.1) is 6.58 Å². The van der Waals surface area contributed by atoms with E-state index in [0.29, 0.717) is 0 Å². The van der Waals surface area contributed by atoms with Crippen molar-refractivity contribution in [3.05, 3.63) is 31.1 Å². The molecule has 0 aromatic carbocycles. The molecule has 0 aliphatic rings. The zero-order valence-electron chi connectivity index (χ0n) is 14.2. The van der Waals surface area contributed by atoms with Gasteiger partial charge < -0.3 is 10.2 Å². The Morgan fingerprint density at radius 2 is 2.23 bits per heavy atom. The van der Waals surface area contributed by atoms with E-state index in [9.17, 15) is 0 Å². The number of rotatable bonds is 11. The third-order valence-electron chi connectivity index (χ3n) is 3.46. The molecular weight excluding hydrogens is 274 g/mol. The number of nitrogens with zero attached hydrogens (tertiary/aromatic N) is 4. The van der Waals surface area contributed by atoms with Crippen LogP contribution < -0.4 is 5.32 Å². The van der Waals surface area contributed by atoms with Crippen LogP contribution in [0.1, 0.15) is 39.0 Å². The molecule has 5 heteroatoms. The van der Waals surface area contributed by atoms with Crippen molar-refractivity contribution in [1.29, 1.82) is 0 Å².